The summed E-state index contributed by atoms with van der Waals surface area (Å²) < 4.78 is 10.3. The lowest BCUT2D eigenvalue weighted by atomic mass is 10.2. The number of morpholine rings is 1. The van der Waals surface area contributed by atoms with Crippen molar-refractivity contribution in [3.05, 3.63) is 24.3 Å². The molecule has 0 spiro atoms. The predicted molar refractivity (Wildman–Crippen MR) is 67.6 cm³/mol. The summed E-state index contributed by atoms with van der Waals surface area (Å²) in [5, 5.41) is 18.5. The minimum Gasteiger partial charge on any atom is -0.504 e. The number of amides is 1. The van der Waals surface area contributed by atoms with Crippen molar-refractivity contribution in [3.63, 3.8) is 0 Å². The van der Waals surface area contributed by atoms with E-state index < -0.39 is 17.9 Å². The van der Waals surface area contributed by atoms with E-state index in [9.17, 15) is 14.7 Å². The van der Waals surface area contributed by atoms with E-state index in [1.54, 1.807) is 12.1 Å². The molecule has 7 heteroatoms. The SMILES string of the molecule is O=C(O)C1COCCN1C(=O)COc1ccccc1O. The molecule has 1 unspecified atom stereocenters. The van der Waals surface area contributed by atoms with Gasteiger partial charge in [0.2, 0.25) is 0 Å². The van der Waals surface area contributed by atoms with Crippen LogP contribution in [0.2, 0.25) is 0 Å². The van der Waals surface area contributed by atoms with E-state index in [0.29, 0.717) is 6.61 Å². The Morgan fingerprint density at radius 1 is 1.40 bits per heavy atom. The molecule has 1 fully saturated rings. The maximum atomic E-state index is 12.0. The molecule has 1 aromatic carbocycles. The number of carbonyl (C=O) groups excluding carboxylic acids is 1. The van der Waals surface area contributed by atoms with Crippen LogP contribution >= 0.6 is 0 Å². The summed E-state index contributed by atoms with van der Waals surface area (Å²) in [6.45, 7) is 0.144. The first kappa shape index (κ1) is 14.1. The first-order valence-corrected chi connectivity index (χ1v) is 6.10. The van der Waals surface area contributed by atoms with Crippen LogP contribution in [-0.2, 0) is 14.3 Å². The van der Waals surface area contributed by atoms with Gasteiger partial charge in [0.25, 0.3) is 5.91 Å². The van der Waals surface area contributed by atoms with Gasteiger partial charge in [-0.05, 0) is 12.1 Å². The van der Waals surface area contributed by atoms with Crippen molar-refractivity contribution in [2.24, 2.45) is 0 Å². The summed E-state index contributed by atoms with van der Waals surface area (Å²) in [7, 11) is 0. The van der Waals surface area contributed by atoms with Gasteiger partial charge in [-0.15, -0.1) is 0 Å². The second-order valence-electron chi connectivity index (χ2n) is 4.27. The number of nitrogens with zero attached hydrogens (tertiary/aromatic N) is 1. The van der Waals surface area contributed by atoms with Crippen molar-refractivity contribution in [3.8, 4) is 11.5 Å². The highest BCUT2D eigenvalue weighted by Crippen LogP contribution is 2.24. The highest BCUT2D eigenvalue weighted by atomic mass is 16.5. The standard InChI is InChI=1S/C13H15NO6/c15-10-3-1-2-4-11(10)20-8-12(16)14-5-6-19-7-9(14)13(17)18/h1-4,9,15H,5-8H2,(H,17,18). The molecule has 20 heavy (non-hydrogen) atoms. The molecule has 1 aliphatic rings. The van der Waals surface area contributed by atoms with Crippen LogP contribution < -0.4 is 4.74 Å². The minimum atomic E-state index is -1.11. The summed E-state index contributed by atoms with van der Waals surface area (Å²) in [6.07, 6.45) is 0. The second-order valence-corrected chi connectivity index (χ2v) is 4.27. The molecule has 2 N–H and O–H groups in total. The second kappa shape index (κ2) is 6.25. The Labute approximate surface area is 115 Å². The fourth-order valence-electron chi connectivity index (χ4n) is 1.91. The summed E-state index contributed by atoms with van der Waals surface area (Å²) in [5.74, 6) is -1.46. The molecule has 1 saturated heterocycles. The van der Waals surface area contributed by atoms with Crippen molar-refractivity contribution in [2.75, 3.05) is 26.4 Å². The highest BCUT2D eigenvalue weighted by Gasteiger charge is 2.32. The summed E-state index contributed by atoms with van der Waals surface area (Å²) in [4.78, 5) is 24.3. The van der Waals surface area contributed by atoms with Crippen molar-refractivity contribution in [1.82, 2.24) is 4.90 Å². The van der Waals surface area contributed by atoms with Crippen molar-refractivity contribution < 1.29 is 29.3 Å². The fourth-order valence-corrected chi connectivity index (χ4v) is 1.91. The van der Waals surface area contributed by atoms with Crippen LogP contribution in [0.1, 0.15) is 0 Å². The Morgan fingerprint density at radius 3 is 2.85 bits per heavy atom. The molecule has 1 atom stereocenters. The molecule has 7 nitrogen and oxygen atoms in total. The molecular weight excluding hydrogens is 266 g/mol. The summed E-state index contributed by atoms with van der Waals surface area (Å²) >= 11 is 0. The Bertz CT molecular complexity index is 503. The number of hydrogen-bond acceptors (Lipinski definition) is 5. The molecule has 0 radical (unpaired) electrons. The zero-order chi connectivity index (χ0) is 14.5. The van der Waals surface area contributed by atoms with Gasteiger partial charge in [0.05, 0.1) is 13.2 Å². The minimum absolute atomic E-state index is 0.0301. The maximum absolute atomic E-state index is 12.0. The Balaban J connectivity index is 1.97. The number of carboxylic acid groups (broad SMARTS) is 1. The Kier molecular flexibility index (Phi) is 4.41. The van der Waals surface area contributed by atoms with Gasteiger partial charge in [0.15, 0.2) is 24.1 Å². The van der Waals surface area contributed by atoms with E-state index in [-0.39, 0.29) is 31.3 Å². The maximum Gasteiger partial charge on any atom is 0.328 e. The van der Waals surface area contributed by atoms with E-state index >= 15 is 0 Å². The quantitative estimate of drug-likeness (QED) is 0.811. The predicted octanol–water partition coefficient (Wildman–Crippen LogP) is 0.0830. The van der Waals surface area contributed by atoms with Crippen LogP contribution in [-0.4, -0.2) is 59.4 Å². The molecule has 0 bridgehead atoms. The van der Waals surface area contributed by atoms with Gasteiger partial charge >= 0.3 is 5.97 Å². The largest absolute Gasteiger partial charge is 0.504 e. The molecule has 0 saturated carbocycles. The number of phenols is 1. The molecule has 1 aliphatic heterocycles. The van der Waals surface area contributed by atoms with E-state index in [2.05, 4.69) is 0 Å². The molecule has 1 aromatic rings. The Hall–Kier alpha value is -2.28. The first-order valence-electron chi connectivity index (χ1n) is 6.10. The lowest BCUT2D eigenvalue weighted by molar-refractivity contribution is -0.159. The zero-order valence-corrected chi connectivity index (χ0v) is 10.7. The number of carbonyl (C=O) groups is 2. The lowest BCUT2D eigenvalue weighted by Gasteiger charge is -2.32. The average Bonchev–Trinajstić information content (AvgIpc) is 2.46. The first-order chi connectivity index (χ1) is 9.59. The number of aromatic hydroxyl groups is 1. The average molecular weight is 281 g/mol. The van der Waals surface area contributed by atoms with Crippen LogP contribution in [0.3, 0.4) is 0 Å². The molecule has 0 aliphatic carbocycles. The van der Waals surface area contributed by atoms with Crippen molar-refractivity contribution >= 4 is 11.9 Å². The van der Waals surface area contributed by atoms with E-state index in [4.69, 9.17) is 14.6 Å². The smallest absolute Gasteiger partial charge is 0.328 e. The van der Waals surface area contributed by atoms with Crippen molar-refractivity contribution in [2.45, 2.75) is 6.04 Å². The fraction of sp³-hybridized carbons (Fsp3) is 0.385. The molecule has 0 aromatic heterocycles. The number of hydrogen-bond donors (Lipinski definition) is 2. The monoisotopic (exact) mass is 281 g/mol. The molecule has 108 valence electrons. The van der Waals surface area contributed by atoms with Crippen LogP contribution in [0.15, 0.2) is 24.3 Å². The van der Waals surface area contributed by atoms with Gasteiger partial charge in [-0.3, -0.25) is 4.79 Å². The number of benzene rings is 1. The van der Waals surface area contributed by atoms with Crippen LogP contribution in [0.25, 0.3) is 0 Å². The van der Waals surface area contributed by atoms with Crippen LogP contribution in [0, 0.1) is 0 Å². The van der Waals surface area contributed by atoms with Gasteiger partial charge in [-0.1, -0.05) is 12.1 Å². The third-order valence-electron chi connectivity index (χ3n) is 2.95. The molecule has 1 heterocycles. The number of para-hydroxylation sites is 2. The number of rotatable bonds is 4. The molecule has 2 rings (SSSR count). The summed E-state index contributed by atoms with van der Waals surface area (Å²) in [6, 6.07) is 5.26. The third-order valence-corrected chi connectivity index (χ3v) is 2.95. The summed E-state index contributed by atoms with van der Waals surface area (Å²) in [5.41, 5.74) is 0. The topological polar surface area (TPSA) is 96.3 Å². The van der Waals surface area contributed by atoms with Gasteiger partial charge in [0, 0.05) is 6.54 Å². The van der Waals surface area contributed by atoms with Gasteiger partial charge in [0.1, 0.15) is 0 Å². The highest BCUT2D eigenvalue weighted by molar-refractivity contribution is 5.84. The van der Waals surface area contributed by atoms with E-state index in [1.807, 2.05) is 0 Å². The number of carboxylic acids is 1. The van der Waals surface area contributed by atoms with Crippen LogP contribution in [0.5, 0.6) is 11.5 Å². The third kappa shape index (κ3) is 3.18. The van der Waals surface area contributed by atoms with Gasteiger partial charge in [-0.25, -0.2) is 4.79 Å². The lowest BCUT2D eigenvalue weighted by Crippen LogP contribution is -2.53. The molecule has 1 amide bonds. The normalized spacial score (nSPS) is 18.6. The van der Waals surface area contributed by atoms with Gasteiger partial charge in [-0.2, -0.15) is 0 Å². The van der Waals surface area contributed by atoms with Crippen molar-refractivity contribution in [1.29, 1.82) is 0 Å². The van der Waals surface area contributed by atoms with E-state index in [0.717, 1.165) is 0 Å². The molecular formula is C13H15NO6. The van der Waals surface area contributed by atoms with E-state index in [1.165, 1.54) is 17.0 Å². The van der Waals surface area contributed by atoms with Gasteiger partial charge < -0.3 is 24.6 Å². The Morgan fingerprint density at radius 2 is 2.15 bits per heavy atom. The number of ether oxygens (including phenoxy) is 2. The number of aliphatic carboxylic acids is 1. The van der Waals surface area contributed by atoms with Crippen LogP contribution in [0.4, 0.5) is 0 Å². The number of phenolic OH excluding ortho intramolecular Hbond substituents is 1. The zero-order valence-electron chi connectivity index (χ0n) is 10.7.